The van der Waals surface area contributed by atoms with E-state index >= 15 is 0 Å². The quantitative estimate of drug-likeness (QED) is 0.823. The van der Waals surface area contributed by atoms with Crippen molar-refractivity contribution in [3.05, 3.63) is 29.3 Å². The molecule has 2 N–H and O–H groups in total. The molecule has 3 nitrogen and oxygen atoms in total. The van der Waals surface area contributed by atoms with Gasteiger partial charge >= 0.3 is 0 Å². The Hall–Kier alpha value is -1.06. The van der Waals surface area contributed by atoms with Crippen LogP contribution >= 0.6 is 0 Å². The third-order valence-electron chi connectivity index (χ3n) is 3.44. The van der Waals surface area contributed by atoms with Gasteiger partial charge in [-0.25, -0.2) is 0 Å². The van der Waals surface area contributed by atoms with Gasteiger partial charge < -0.3 is 15.4 Å². The maximum absolute atomic E-state index is 5.68. The molecule has 0 bridgehead atoms. The molecule has 0 heterocycles. The average molecular weight is 264 g/mol. The highest BCUT2D eigenvalue weighted by atomic mass is 16.5. The van der Waals surface area contributed by atoms with Crippen LogP contribution in [0.4, 0.5) is 0 Å². The SMILES string of the molecule is COc1ccc(C(C)C)cc1CN(C)CC(C)CN. The monoisotopic (exact) mass is 264 g/mol. The molecule has 0 aromatic heterocycles. The number of benzene rings is 1. The minimum atomic E-state index is 0.518. The van der Waals surface area contributed by atoms with Crippen LogP contribution in [-0.2, 0) is 6.54 Å². The summed E-state index contributed by atoms with van der Waals surface area (Å²) in [5, 5.41) is 0. The zero-order valence-corrected chi connectivity index (χ0v) is 12.9. The average Bonchev–Trinajstić information content (AvgIpc) is 2.38. The Morgan fingerprint density at radius 2 is 1.95 bits per heavy atom. The van der Waals surface area contributed by atoms with Crippen LogP contribution in [0.15, 0.2) is 18.2 Å². The second kappa shape index (κ2) is 7.51. The topological polar surface area (TPSA) is 38.5 Å². The summed E-state index contributed by atoms with van der Waals surface area (Å²) in [4.78, 5) is 2.31. The van der Waals surface area contributed by atoms with Gasteiger partial charge in [0, 0.05) is 18.7 Å². The number of rotatable bonds is 7. The van der Waals surface area contributed by atoms with Gasteiger partial charge in [-0.15, -0.1) is 0 Å². The van der Waals surface area contributed by atoms with Crippen LogP contribution in [0.1, 0.15) is 37.8 Å². The third-order valence-corrected chi connectivity index (χ3v) is 3.44. The van der Waals surface area contributed by atoms with Crippen LogP contribution in [0.5, 0.6) is 5.75 Å². The number of nitrogens with zero attached hydrogens (tertiary/aromatic N) is 1. The Balaban J connectivity index is 2.82. The smallest absolute Gasteiger partial charge is 0.123 e. The van der Waals surface area contributed by atoms with Gasteiger partial charge in [-0.1, -0.05) is 32.9 Å². The Labute approximate surface area is 117 Å². The molecule has 3 heteroatoms. The molecule has 108 valence electrons. The normalized spacial score (nSPS) is 13.1. The van der Waals surface area contributed by atoms with Crippen molar-refractivity contribution in [2.45, 2.75) is 33.2 Å². The highest BCUT2D eigenvalue weighted by Crippen LogP contribution is 2.25. The molecule has 1 unspecified atom stereocenters. The van der Waals surface area contributed by atoms with Gasteiger partial charge in [0.1, 0.15) is 5.75 Å². The van der Waals surface area contributed by atoms with Crippen molar-refractivity contribution in [2.24, 2.45) is 11.7 Å². The number of methoxy groups -OCH3 is 1. The predicted octanol–water partition coefficient (Wildman–Crippen LogP) is 2.85. The Bertz CT molecular complexity index is 390. The highest BCUT2D eigenvalue weighted by molar-refractivity contribution is 5.38. The molecule has 0 radical (unpaired) electrons. The minimum absolute atomic E-state index is 0.518. The van der Waals surface area contributed by atoms with Crippen LogP contribution in [0.3, 0.4) is 0 Å². The van der Waals surface area contributed by atoms with E-state index in [0.29, 0.717) is 11.8 Å². The summed E-state index contributed by atoms with van der Waals surface area (Å²) in [5.41, 5.74) is 8.29. The molecule has 0 spiro atoms. The van der Waals surface area contributed by atoms with Crippen LogP contribution in [0.25, 0.3) is 0 Å². The zero-order valence-electron chi connectivity index (χ0n) is 12.9. The molecular formula is C16H28N2O. The highest BCUT2D eigenvalue weighted by Gasteiger charge is 2.11. The fraction of sp³-hybridized carbons (Fsp3) is 0.625. The first-order chi connectivity index (χ1) is 8.97. The van der Waals surface area contributed by atoms with Gasteiger partial charge in [-0.05, 0) is 37.1 Å². The summed E-state index contributed by atoms with van der Waals surface area (Å²) in [6.07, 6.45) is 0. The molecule has 0 saturated heterocycles. The molecule has 19 heavy (non-hydrogen) atoms. The van der Waals surface area contributed by atoms with Crippen molar-refractivity contribution >= 4 is 0 Å². The van der Waals surface area contributed by atoms with Crippen LogP contribution in [-0.4, -0.2) is 32.1 Å². The second-order valence-electron chi connectivity index (χ2n) is 5.76. The largest absolute Gasteiger partial charge is 0.496 e. The lowest BCUT2D eigenvalue weighted by atomic mass is 10.00. The maximum Gasteiger partial charge on any atom is 0.123 e. The lowest BCUT2D eigenvalue weighted by Crippen LogP contribution is -2.28. The minimum Gasteiger partial charge on any atom is -0.496 e. The molecule has 1 rings (SSSR count). The first-order valence-corrected chi connectivity index (χ1v) is 7.03. The lowest BCUT2D eigenvalue weighted by Gasteiger charge is -2.22. The second-order valence-corrected chi connectivity index (χ2v) is 5.76. The van der Waals surface area contributed by atoms with E-state index in [1.165, 1.54) is 11.1 Å². The Kier molecular flexibility index (Phi) is 6.32. The molecule has 0 aliphatic rings. The molecular weight excluding hydrogens is 236 g/mol. The zero-order chi connectivity index (χ0) is 14.4. The van der Waals surface area contributed by atoms with E-state index in [-0.39, 0.29) is 0 Å². The summed E-state index contributed by atoms with van der Waals surface area (Å²) in [5.74, 6) is 2.03. The third kappa shape index (κ3) is 4.84. The summed E-state index contributed by atoms with van der Waals surface area (Å²) >= 11 is 0. The molecule has 0 fully saturated rings. The van der Waals surface area contributed by atoms with Gasteiger partial charge in [-0.2, -0.15) is 0 Å². The van der Waals surface area contributed by atoms with E-state index in [1.54, 1.807) is 7.11 Å². The maximum atomic E-state index is 5.68. The van der Waals surface area contributed by atoms with Crippen molar-refractivity contribution in [1.82, 2.24) is 4.90 Å². The van der Waals surface area contributed by atoms with Gasteiger partial charge in [0.25, 0.3) is 0 Å². The van der Waals surface area contributed by atoms with Crippen molar-refractivity contribution in [1.29, 1.82) is 0 Å². The molecule has 0 aliphatic carbocycles. The molecule has 0 saturated carbocycles. The van der Waals surface area contributed by atoms with E-state index in [4.69, 9.17) is 10.5 Å². The molecule has 0 amide bonds. The first-order valence-electron chi connectivity index (χ1n) is 7.03. The van der Waals surface area contributed by atoms with E-state index in [0.717, 1.165) is 25.4 Å². The van der Waals surface area contributed by atoms with E-state index < -0.39 is 0 Å². The molecule has 1 aromatic carbocycles. The Morgan fingerprint density at radius 1 is 1.26 bits per heavy atom. The summed E-state index contributed by atoms with van der Waals surface area (Å²) in [6, 6.07) is 6.48. The van der Waals surface area contributed by atoms with Crippen molar-refractivity contribution < 1.29 is 4.74 Å². The van der Waals surface area contributed by atoms with Crippen molar-refractivity contribution in [3.8, 4) is 5.75 Å². The number of hydrogen-bond donors (Lipinski definition) is 1. The van der Waals surface area contributed by atoms with Crippen LogP contribution in [0.2, 0.25) is 0 Å². The van der Waals surface area contributed by atoms with Gasteiger partial charge in [0.2, 0.25) is 0 Å². The fourth-order valence-corrected chi connectivity index (χ4v) is 2.24. The van der Waals surface area contributed by atoms with E-state index in [1.807, 2.05) is 0 Å². The summed E-state index contributed by atoms with van der Waals surface area (Å²) < 4.78 is 5.46. The lowest BCUT2D eigenvalue weighted by molar-refractivity contribution is 0.277. The van der Waals surface area contributed by atoms with E-state index in [2.05, 4.69) is 50.9 Å². The van der Waals surface area contributed by atoms with Crippen molar-refractivity contribution in [3.63, 3.8) is 0 Å². The number of nitrogens with two attached hydrogens (primary N) is 1. The first kappa shape index (κ1) is 16.0. The summed E-state index contributed by atoms with van der Waals surface area (Å²) in [6.45, 7) is 9.24. The predicted molar refractivity (Wildman–Crippen MR) is 81.6 cm³/mol. The fourth-order valence-electron chi connectivity index (χ4n) is 2.24. The Morgan fingerprint density at radius 3 is 2.47 bits per heavy atom. The van der Waals surface area contributed by atoms with Gasteiger partial charge in [0.15, 0.2) is 0 Å². The molecule has 1 atom stereocenters. The van der Waals surface area contributed by atoms with Gasteiger partial charge in [-0.3, -0.25) is 0 Å². The standard InChI is InChI=1S/C16H28N2O/c1-12(2)14-6-7-16(19-5)15(8-14)11-18(4)10-13(3)9-17/h6-8,12-13H,9-11,17H2,1-5H3. The number of ether oxygens (including phenoxy) is 1. The number of hydrogen-bond acceptors (Lipinski definition) is 3. The van der Waals surface area contributed by atoms with Crippen LogP contribution < -0.4 is 10.5 Å². The van der Waals surface area contributed by atoms with Crippen molar-refractivity contribution in [2.75, 3.05) is 27.2 Å². The summed E-state index contributed by atoms with van der Waals surface area (Å²) in [7, 11) is 3.87. The van der Waals surface area contributed by atoms with E-state index in [9.17, 15) is 0 Å². The molecule has 1 aromatic rings. The molecule has 0 aliphatic heterocycles. The van der Waals surface area contributed by atoms with Crippen LogP contribution in [0, 0.1) is 5.92 Å². The van der Waals surface area contributed by atoms with Gasteiger partial charge in [0.05, 0.1) is 7.11 Å².